The topological polar surface area (TPSA) is 77.2 Å². The summed E-state index contributed by atoms with van der Waals surface area (Å²) >= 11 is 0. The quantitative estimate of drug-likeness (QED) is 0.652. The molecule has 2 aromatic rings. The average molecular weight is 289 g/mol. The van der Waals surface area contributed by atoms with Gasteiger partial charge in [-0.1, -0.05) is 0 Å². The van der Waals surface area contributed by atoms with E-state index in [2.05, 4.69) is 15.0 Å². The van der Waals surface area contributed by atoms with Gasteiger partial charge in [-0.3, -0.25) is 4.98 Å². The van der Waals surface area contributed by atoms with Crippen molar-refractivity contribution in [2.45, 2.75) is 6.42 Å². The van der Waals surface area contributed by atoms with Crippen molar-refractivity contribution in [2.24, 2.45) is 0 Å². The Kier molecular flexibility index (Phi) is 4.71. The summed E-state index contributed by atoms with van der Waals surface area (Å²) in [7, 11) is 1.25. The summed E-state index contributed by atoms with van der Waals surface area (Å²) in [6, 6.07) is 6.26. The molecule has 0 amide bonds. The van der Waals surface area contributed by atoms with Gasteiger partial charge in [-0.2, -0.15) is 0 Å². The molecule has 1 aromatic carbocycles. The molecule has 0 saturated carbocycles. The number of nitrogens with zero attached hydrogens (tertiary/aromatic N) is 1. The number of nitrogen functional groups attached to an aromatic ring is 1. The lowest BCUT2D eigenvalue weighted by atomic mass is 10.1. The molecular formula is C15H16FN3O2. The first kappa shape index (κ1) is 14.8. The smallest absolute Gasteiger partial charge is 0.340 e. The molecule has 0 aliphatic heterocycles. The molecule has 3 N–H and O–H groups in total. The molecule has 0 spiro atoms. The second-order valence-electron chi connectivity index (χ2n) is 4.44. The molecule has 1 heterocycles. The summed E-state index contributed by atoms with van der Waals surface area (Å²) in [5.74, 6) is -1.10. The number of esters is 1. The van der Waals surface area contributed by atoms with E-state index in [9.17, 15) is 9.18 Å². The number of carbonyl (C=O) groups excluding carboxylic acids is 1. The minimum absolute atomic E-state index is 0.0547. The highest BCUT2D eigenvalue weighted by atomic mass is 19.1. The van der Waals surface area contributed by atoms with Gasteiger partial charge < -0.3 is 15.8 Å². The zero-order chi connectivity index (χ0) is 15.2. The Morgan fingerprint density at radius 1 is 1.38 bits per heavy atom. The summed E-state index contributed by atoms with van der Waals surface area (Å²) in [4.78, 5) is 15.5. The minimum atomic E-state index is -0.593. The Labute approximate surface area is 121 Å². The normalized spacial score (nSPS) is 10.2. The predicted molar refractivity (Wildman–Crippen MR) is 78.6 cm³/mol. The van der Waals surface area contributed by atoms with Crippen LogP contribution < -0.4 is 11.1 Å². The molecule has 21 heavy (non-hydrogen) atoms. The molecule has 0 aliphatic carbocycles. The SMILES string of the molecule is COC(=O)c1cc(NCCc2ccncc2)c(F)cc1N. The lowest BCUT2D eigenvalue weighted by Crippen LogP contribution is -2.11. The second-order valence-corrected chi connectivity index (χ2v) is 4.44. The van der Waals surface area contributed by atoms with Gasteiger partial charge in [0.15, 0.2) is 0 Å². The Morgan fingerprint density at radius 2 is 2.10 bits per heavy atom. The number of pyridine rings is 1. The first-order valence-electron chi connectivity index (χ1n) is 6.42. The number of ether oxygens (including phenoxy) is 1. The lowest BCUT2D eigenvalue weighted by molar-refractivity contribution is 0.0602. The van der Waals surface area contributed by atoms with Crippen molar-refractivity contribution in [3.05, 3.63) is 53.6 Å². The van der Waals surface area contributed by atoms with E-state index in [1.807, 2.05) is 12.1 Å². The van der Waals surface area contributed by atoms with Crippen LogP contribution in [0.15, 0.2) is 36.7 Å². The number of halogens is 1. The molecule has 2 rings (SSSR count). The van der Waals surface area contributed by atoms with Crippen LogP contribution in [0, 0.1) is 5.82 Å². The van der Waals surface area contributed by atoms with Crippen LogP contribution in [0.1, 0.15) is 15.9 Å². The fourth-order valence-electron chi connectivity index (χ4n) is 1.90. The van der Waals surface area contributed by atoms with Crippen LogP contribution in [0.25, 0.3) is 0 Å². The highest BCUT2D eigenvalue weighted by Gasteiger charge is 2.14. The van der Waals surface area contributed by atoms with Crippen molar-refractivity contribution in [1.82, 2.24) is 4.98 Å². The van der Waals surface area contributed by atoms with Gasteiger partial charge in [0.2, 0.25) is 0 Å². The maximum atomic E-state index is 13.8. The number of methoxy groups -OCH3 is 1. The van der Waals surface area contributed by atoms with E-state index in [4.69, 9.17) is 5.73 Å². The Hall–Kier alpha value is -2.63. The highest BCUT2D eigenvalue weighted by molar-refractivity contribution is 5.96. The van der Waals surface area contributed by atoms with Gasteiger partial charge in [0, 0.05) is 24.6 Å². The molecule has 0 bridgehead atoms. The summed E-state index contributed by atoms with van der Waals surface area (Å²) in [5.41, 5.74) is 7.12. The third-order valence-corrected chi connectivity index (χ3v) is 3.02. The van der Waals surface area contributed by atoms with Crippen molar-refractivity contribution < 1.29 is 13.9 Å². The van der Waals surface area contributed by atoms with Crippen LogP contribution in [0.3, 0.4) is 0 Å². The maximum absolute atomic E-state index is 13.8. The second kappa shape index (κ2) is 6.69. The summed E-state index contributed by atoms with van der Waals surface area (Å²) < 4.78 is 18.4. The molecule has 5 nitrogen and oxygen atoms in total. The fraction of sp³-hybridized carbons (Fsp3) is 0.200. The first-order valence-corrected chi connectivity index (χ1v) is 6.42. The van der Waals surface area contributed by atoms with Crippen molar-refractivity contribution in [1.29, 1.82) is 0 Å². The number of carbonyl (C=O) groups is 1. The van der Waals surface area contributed by atoms with E-state index in [1.54, 1.807) is 12.4 Å². The predicted octanol–water partition coefficient (Wildman–Crippen LogP) is 2.24. The zero-order valence-corrected chi connectivity index (χ0v) is 11.6. The van der Waals surface area contributed by atoms with Gasteiger partial charge >= 0.3 is 5.97 Å². The van der Waals surface area contributed by atoms with Crippen LogP contribution in [-0.4, -0.2) is 24.6 Å². The van der Waals surface area contributed by atoms with Gasteiger partial charge in [0.05, 0.1) is 18.4 Å². The minimum Gasteiger partial charge on any atom is -0.465 e. The van der Waals surface area contributed by atoms with Crippen LogP contribution in [0.4, 0.5) is 15.8 Å². The molecule has 1 aromatic heterocycles. The van der Waals surface area contributed by atoms with Gasteiger partial charge in [0.1, 0.15) is 5.82 Å². The number of hydrogen-bond acceptors (Lipinski definition) is 5. The van der Waals surface area contributed by atoms with E-state index in [1.165, 1.54) is 13.2 Å². The molecule has 0 radical (unpaired) electrons. The monoisotopic (exact) mass is 289 g/mol. The van der Waals surface area contributed by atoms with Crippen molar-refractivity contribution in [2.75, 3.05) is 24.7 Å². The molecule has 0 saturated heterocycles. The third kappa shape index (κ3) is 3.68. The lowest BCUT2D eigenvalue weighted by Gasteiger charge is -2.11. The van der Waals surface area contributed by atoms with Crippen molar-refractivity contribution in [3.8, 4) is 0 Å². The Morgan fingerprint density at radius 3 is 2.76 bits per heavy atom. The van der Waals surface area contributed by atoms with Gasteiger partial charge in [-0.05, 0) is 36.2 Å². The van der Waals surface area contributed by atoms with Crippen LogP contribution >= 0.6 is 0 Å². The highest BCUT2D eigenvalue weighted by Crippen LogP contribution is 2.22. The first-order chi connectivity index (χ1) is 10.1. The van der Waals surface area contributed by atoms with E-state index in [0.29, 0.717) is 13.0 Å². The molecular weight excluding hydrogens is 273 g/mol. The summed E-state index contributed by atoms with van der Waals surface area (Å²) in [5, 5.41) is 2.95. The number of nitrogens with one attached hydrogen (secondary N) is 1. The number of aromatic nitrogens is 1. The van der Waals surface area contributed by atoms with E-state index in [0.717, 1.165) is 11.6 Å². The Bertz CT molecular complexity index is 632. The molecule has 6 heteroatoms. The molecule has 0 aliphatic rings. The van der Waals surface area contributed by atoms with Crippen LogP contribution in [0.5, 0.6) is 0 Å². The molecule has 110 valence electrons. The van der Waals surface area contributed by atoms with E-state index in [-0.39, 0.29) is 16.9 Å². The van der Waals surface area contributed by atoms with Gasteiger partial charge in [-0.15, -0.1) is 0 Å². The zero-order valence-electron chi connectivity index (χ0n) is 11.6. The molecule has 0 atom stereocenters. The maximum Gasteiger partial charge on any atom is 0.340 e. The van der Waals surface area contributed by atoms with Crippen molar-refractivity contribution in [3.63, 3.8) is 0 Å². The number of nitrogens with two attached hydrogens (primary N) is 1. The van der Waals surface area contributed by atoms with Crippen molar-refractivity contribution >= 4 is 17.3 Å². The average Bonchev–Trinajstić information content (AvgIpc) is 2.49. The number of rotatable bonds is 5. The molecule has 0 fully saturated rings. The van der Waals surface area contributed by atoms with Crippen LogP contribution in [0.2, 0.25) is 0 Å². The standard InChI is InChI=1S/C15H16FN3O2/c1-21-15(20)11-8-14(12(16)9-13(11)17)19-7-4-10-2-5-18-6-3-10/h2-3,5-6,8-9,19H,4,7,17H2,1H3. The third-order valence-electron chi connectivity index (χ3n) is 3.02. The Balaban J connectivity index is 2.07. The van der Waals surface area contributed by atoms with Gasteiger partial charge in [0.25, 0.3) is 0 Å². The fourth-order valence-corrected chi connectivity index (χ4v) is 1.90. The summed E-state index contributed by atoms with van der Waals surface area (Å²) in [6.07, 6.45) is 4.11. The van der Waals surface area contributed by atoms with Gasteiger partial charge in [-0.25, -0.2) is 9.18 Å². The number of anilines is 2. The summed E-state index contributed by atoms with van der Waals surface area (Å²) in [6.45, 7) is 0.519. The van der Waals surface area contributed by atoms with Crippen LogP contribution in [-0.2, 0) is 11.2 Å². The number of benzene rings is 1. The largest absolute Gasteiger partial charge is 0.465 e. The van der Waals surface area contributed by atoms with E-state index >= 15 is 0 Å². The van der Waals surface area contributed by atoms with E-state index < -0.39 is 11.8 Å². The number of hydrogen-bond donors (Lipinski definition) is 2. The molecule has 0 unspecified atom stereocenters.